The van der Waals surface area contributed by atoms with Gasteiger partial charge < -0.3 is 9.84 Å². The summed E-state index contributed by atoms with van der Waals surface area (Å²) in [5, 5.41) is 9.44. The summed E-state index contributed by atoms with van der Waals surface area (Å²) in [5.74, 6) is -0.576. The lowest BCUT2D eigenvalue weighted by molar-refractivity contribution is -0.202. The van der Waals surface area contributed by atoms with Crippen LogP contribution in [0.25, 0.3) is 0 Å². The van der Waals surface area contributed by atoms with Gasteiger partial charge in [0.25, 0.3) is 0 Å². The van der Waals surface area contributed by atoms with E-state index in [9.17, 15) is 36.2 Å². The number of benzene rings is 1. The van der Waals surface area contributed by atoms with Crippen LogP contribution in [0, 0.1) is 0 Å². The van der Waals surface area contributed by atoms with Crippen LogP contribution in [0.5, 0.6) is 0 Å². The number of hydrogen-bond acceptors (Lipinski definition) is 4. The summed E-state index contributed by atoms with van der Waals surface area (Å²) < 4.78 is 82.3. The second-order valence-corrected chi connectivity index (χ2v) is 7.85. The van der Waals surface area contributed by atoms with E-state index in [1.54, 1.807) is 0 Å². The fourth-order valence-corrected chi connectivity index (χ4v) is 4.53. The first-order valence-corrected chi connectivity index (χ1v) is 9.43. The van der Waals surface area contributed by atoms with Crippen LogP contribution in [0.1, 0.15) is 36.8 Å². The van der Waals surface area contributed by atoms with Crippen molar-refractivity contribution >= 4 is 17.1 Å². The Labute approximate surface area is 165 Å². The minimum absolute atomic E-state index is 0.0639. The molecule has 29 heavy (non-hydrogen) atoms. The molecule has 0 radical (unpaired) electrons. The van der Waals surface area contributed by atoms with Crippen LogP contribution in [-0.2, 0) is 36.8 Å². The number of carbonyl (C=O) groups excluding carboxylic acids is 1. The summed E-state index contributed by atoms with van der Waals surface area (Å²) in [6.45, 7) is 0.431. The largest absolute Gasteiger partial charge is 0.416 e. The molecule has 1 aliphatic rings. The number of rotatable bonds is 5. The van der Waals surface area contributed by atoms with E-state index in [1.807, 2.05) is 0 Å². The molecular formula is C19H16F6O3S. The van der Waals surface area contributed by atoms with E-state index < -0.39 is 36.2 Å². The molecule has 0 amide bonds. The SMILES string of the molecule is O=C(Cc1cccc(C(F)(F)F)c1)c1c(C[C@@H](O)C(F)(F)F)sc2c1CCOC2. The second-order valence-electron chi connectivity index (χ2n) is 6.66. The van der Waals surface area contributed by atoms with Gasteiger partial charge in [-0.15, -0.1) is 11.3 Å². The lowest BCUT2D eigenvalue weighted by Gasteiger charge is -2.16. The minimum atomic E-state index is -4.84. The Morgan fingerprint density at radius 1 is 1.21 bits per heavy atom. The standard InChI is InChI=1S/C19H16F6O3S/c20-18(21,22)11-3-1-2-10(6-11)7-13(26)17-12-4-5-28-9-15(12)29-14(17)8-16(27)19(23,24)25/h1-3,6,16,27H,4-5,7-9H2/t16-/m1/s1. The molecule has 2 heterocycles. The Kier molecular flexibility index (Phi) is 6.07. The van der Waals surface area contributed by atoms with Crippen LogP contribution in [0.2, 0.25) is 0 Å². The number of halogens is 6. The zero-order valence-corrected chi connectivity index (χ0v) is 15.7. The number of alkyl halides is 6. The molecule has 1 aliphatic heterocycles. The van der Waals surface area contributed by atoms with Crippen molar-refractivity contribution in [3.63, 3.8) is 0 Å². The van der Waals surface area contributed by atoms with Gasteiger partial charge in [0.1, 0.15) is 0 Å². The molecule has 2 aromatic rings. The number of ether oxygens (including phenoxy) is 1. The van der Waals surface area contributed by atoms with Crippen LogP contribution in [0.15, 0.2) is 24.3 Å². The number of Topliss-reactive ketones (excluding diaryl/α,β-unsaturated/α-hetero) is 1. The highest BCUT2D eigenvalue weighted by Crippen LogP contribution is 2.36. The van der Waals surface area contributed by atoms with Crippen molar-refractivity contribution in [2.24, 2.45) is 0 Å². The molecule has 3 rings (SSSR count). The van der Waals surface area contributed by atoms with Gasteiger partial charge in [0.15, 0.2) is 11.9 Å². The van der Waals surface area contributed by atoms with Crippen molar-refractivity contribution in [1.82, 2.24) is 0 Å². The van der Waals surface area contributed by atoms with Crippen LogP contribution in [-0.4, -0.2) is 29.8 Å². The van der Waals surface area contributed by atoms with E-state index in [4.69, 9.17) is 4.74 Å². The topological polar surface area (TPSA) is 46.5 Å². The molecule has 0 aliphatic carbocycles. The Balaban J connectivity index is 1.92. The lowest BCUT2D eigenvalue weighted by atomic mass is 9.94. The minimum Gasteiger partial charge on any atom is -0.383 e. The maximum Gasteiger partial charge on any atom is 0.416 e. The van der Waals surface area contributed by atoms with Crippen molar-refractivity contribution in [3.8, 4) is 0 Å². The third-order valence-corrected chi connectivity index (χ3v) is 5.78. The zero-order valence-electron chi connectivity index (χ0n) is 14.9. The van der Waals surface area contributed by atoms with Crippen LogP contribution < -0.4 is 0 Å². The summed E-state index contributed by atoms with van der Waals surface area (Å²) >= 11 is 0.967. The molecule has 0 fully saturated rings. The van der Waals surface area contributed by atoms with Gasteiger partial charge in [-0.2, -0.15) is 26.3 Å². The fourth-order valence-electron chi connectivity index (χ4n) is 3.18. The van der Waals surface area contributed by atoms with Gasteiger partial charge in [0, 0.05) is 28.2 Å². The first-order chi connectivity index (χ1) is 13.5. The maximum absolute atomic E-state index is 12.9. The van der Waals surface area contributed by atoms with Gasteiger partial charge in [-0.1, -0.05) is 18.2 Å². The maximum atomic E-state index is 12.9. The lowest BCUT2D eigenvalue weighted by Crippen LogP contribution is -2.30. The van der Waals surface area contributed by atoms with Gasteiger partial charge >= 0.3 is 12.4 Å². The van der Waals surface area contributed by atoms with E-state index >= 15 is 0 Å². The molecule has 0 saturated carbocycles. The van der Waals surface area contributed by atoms with E-state index in [1.165, 1.54) is 12.1 Å². The molecule has 158 valence electrons. The normalized spacial score (nSPS) is 15.8. The van der Waals surface area contributed by atoms with Crippen LogP contribution in [0.4, 0.5) is 26.3 Å². The second kappa shape index (κ2) is 8.08. The first kappa shape index (κ1) is 21.8. The molecule has 1 N–H and O–H groups in total. The molecule has 0 bridgehead atoms. The van der Waals surface area contributed by atoms with E-state index in [2.05, 4.69) is 0 Å². The number of aliphatic hydroxyl groups excluding tert-OH is 1. The molecule has 1 atom stereocenters. The summed E-state index contributed by atoms with van der Waals surface area (Å²) in [5.41, 5.74) is -0.174. The molecular weight excluding hydrogens is 422 g/mol. The number of carbonyl (C=O) groups is 1. The Morgan fingerprint density at radius 2 is 1.93 bits per heavy atom. The van der Waals surface area contributed by atoms with Gasteiger partial charge in [-0.3, -0.25) is 4.79 Å². The number of hydrogen-bond donors (Lipinski definition) is 1. The number of fused-ring (bicyclic) bond motifs is 1. The third kappa shape index (κ3) is 4.99. The molecule has 1 aromatic carbocycles. The van der Waals surface area contributed by atoms with Crippen molar-refractivity contribution in [2.75, 3.05) is 6.61 Å². The van der Waals surface area contributed by atoms with E-state index in [-0.39, 0.29) is 35.6 Å². The molecule has 0 spiro atoms. The summed E-state index contributed by atoms with van der Waals surface area (Å²) in [4.78, 5) is 13.6. The summed E-state index contributed by atoms with van der Waals surface area (Å²) in [6, 6.07) is 4.27. The summed E-state index contributed by atoms with van der Waals surface area (Å²) in [6.07, 6.45) is -12.9. The van der Waals surface area contributed by atoms with E-state index in [0.717, 1.165) is 23.5 Å². The van der Waals surface area contributed by atoms with Crippen molar-refractivity contribution in [2.45, 2.75) is 44.3 Å². The highest BCUT2D eigenvalue weighted by Gasteiger charge is 2.40. The van der Waals surface area contributed by atoms with Gasteiger partial charge in [0.05, 0.1) is 18.8 Å². The molecule has 3 nitrogen and oxygen atoms in total. The Bertz CT molecular complexity index is 900. The Hall–Kier alpha value is -1.91. The molecule has 10 heteroatoms. The first-order valence-electron chi connectivity index (χ1n) is 8.62. The van der Waals surface area contributed by atoms with Crippen LogP contribution >= 0.6 is 11.3 Å². The number of ketones is 1. The van der Waals surface area contributed by atoms with Crippen molar-refractivity contribution < 1.29 is 41.0 Å². The van der Waals surface area contributed by atoms with Gasteiger partial charge in [-0.25, -0.2) is 0 Å². The molecule has 0 saturated heterocycles. The Morgan fingerprint density at radius 3 is 2.59 bits per heavy atom. The van der Waals surface area contributed by atoms with Gasteiger partial charge in [0.2, 0.25) is 0 Å². The van der Waals surface area contributed by atoms with Crippen molar-refractivity contribution in [3.05, 3.63) is 56.3 Å². The average Bonchev–Trinajstić information content (AvgIpc) is 2.98. The monoisotopic (exact) mass is 438 g/mol. The average molecular weight is 438 g/mol. The zero-order chi connectivity index (χ0) is 21.4. The molecule has 0 unspecified atom stereocenters. The highest BCUT2D eigenvalue weighted by molar-refractivity contribution is 7.12. The predicted molar refractivity (Wildman–Crippen MR) is 92.9 cm³/mol. The van der Waals surface area contributed by atoms with Gasteiger partial charge in [-0.05, 0) is 23.6 Å². The number of aliphatic hydroxyl groups is 1. The summed E-state index contributed by atoms with van der Waals surface area (Å²) in [7, 11) is 0. The quantitative estimate of drug-likeness (QED) is 0.542. The molecule has 1 aromatic heterocycles. The number of thiophene rings is 1. The predicted octanol–water partition coefficient (Wildman–Crippen LogP) is 4.73. The highest BCUT2D eigenvalue weighted by atomic mass is 32.1. The van der Waals surface area contributed by atoms with Crippen LogP contribution in [0.3, 0.4) is 0 Å². The van der Waals surface area contributed by atoms with E-state index in [0.29, 0.717) is 16.9 Å². The smallest absolute Gasteiger partial charge is 0.383 e. The fraction of sp³-hybridized carbons (Fsp3) is 0.421. The van der Waals surface area contributed by atoms with Crippen molar-refractivity contribution in [1.29, 1.82) is 0 Å². The third-order valence-electron chi connectivity index (χ3n) is 4.55.